The summed E-state index contributed by atoms with van der Waals surface area (Å²) in [6.07, 6.45) is 3.46. The van der Waals surface area contributed by atoms with Gasteiger partial charge in [0, 0.05) is 30.4 Å². The third-order valence-corrected chi connectivity index (χ3v) is 4.32. The van der Waals surface area contributed by atoms with Crippen LogP contribution in [0.3, 0.4) is 0 Å². The van der Waals surface area contributed by atoms with Crippen LogP contribution in [0, 0.1) is 5.92 Å². The number of hydrogen-bond donors (Lipinski definition) is 1. The number of nitrogens with two attached hydrogens (primary N) is 1. The van der Waals surface area contributed by atoms with Crippen molar-refractivity contribution in [2.24, 2.45) is 5.92 Å². The first-order valence-corrected chi connectivity index (χ1v) is 7.66. The Morgan fingerprint density at radius 1 is 1.40 bits per heavy atom. The number of thiophene rings is 1. The van der Waals surface area contributed by atoms with Crippen molar-refractivity contribution in [3.8, 4) is 0 Å². The predicted octanol–water partition coefficient (Wildman–Crippen LogP) is 3.39. The van der Waals surface area contributed by atoms with Crippen molar-refractivity contribution in [2.75, 3.05) is 12.3 Å². The topological polar surface area (TPSA) is 59.2 Å². The summed E-state index contributed by atoms with van der Waals surface area (Å²) in [4.78, 5) is 19.3. The fraction of sp³-hybridized carbons (Fsp3) is 0.467. The summed E-state index contributed by atoms with van der Waals surface area (Å²) in [6.45, 7) is 9.03. The van der Waals surface area contributed by atoms with Crippen LogP contribution in [0.5, 0.6) is 0 Å². The number of pyridine rings is 1. The lowest BCUT2D eigenvalue weighted by Crippen LogP contribution is -2.39. The van der Waals surface area contributed by atoms with Crippen LogP contribution < -0.4 is 5.73 Å². The minimum absolute atomic E-state index is 0.0207. The second kappa shape index (κ2) is 5.79. The molecule has 0 aliphatic carbocycles. The first-order valence-electron chi connectivity index (χ1n) is 6.84. The molecule has 0 aromatic carbocycles. The molecule has 0 spiro atoms. The number of rotatable bonds is 4. The Labute approximate surface area is 123 Å². The van der Waals surface area contributed by atoms with Crippen LogP contribution in [-0.4, -0.2) is 28.4 Å². The van der Waals surface area contributed by atoms with Gasteiger partial charge in [-0.05, 0) is 25.8 Å². The summed E-state index contributed by atoms with van der Waals surface area (Å²) in [7, 11) is 0. The molecule has 2 rings (SSSR count). The van der Waals surface area contributed by atoms with Gasteiger partial charge in [-0.3, -0.25) is 9.78 Å². The zero-order valence-electron chi connectivity index (χ0n) is 12.4. The average Bonchev–Trinajstić information content (AvgIpc) is 2.73. The van der Waals surface area contributed by atoms with Gasteiger partial charge in [0.2, 0.25) is 0 Å². The molecule has 0 fully saturated rings. The number of carbonyl (C=O) groups is 1. The lowest BCUT2D eigenvalue weighted by Gasteiger charge is -2.28. The summed E-state index contributed by atoms with van der Waals surface area (Å²) in [5.74, 6) is 0.450. The Balaban J connectivity index is 2.41. The van der Waals surface area contributed by atoms with Gasteiger partial charge >= 0.3 is 0 Å². The largest absolute Gasteiger partial charge is 0.397 e. The number of aromatic nitrogens is 1. The highest BCUT2D eigenvalue weighted by molar-refractivity contribution is 7.21. The molecule has 2 heterocycles. The summed E-state index contributed by atoms with van der Waals surface area (Å²) in [5.41, 5.74) is 6.72. The van der Waals surface area contributed by atoms with Crippen LogP contribution in [0.4, 0.5) is 5.69 Å². The number of nitrogen functional groups attached to an aromatic ring is 1. The lowest BCUT2D eigenvalue weighted by atomic mass is 10.1. The van der Waals surface area contributed by atoms with E-state index in [0.717, 1.165) is 16.6 Å². The summed E-state index contributed by atoms with van der Waals surface area (Å²) in [5, 5.41) is 0.918. The van der Waals surface area contributed by atoms with Crippen molar-refractivity contribution in [2.45, 2.75) is 33.7 Å². The molecule has 2 aromatic heterocycles. The highest BCUT2D eigenvalue weighted by atomic mass is 32.1. The fourth-order valence-corrected chi connectivity index (χ4v) is 3.23. The molecule has 1 amide bonds. The SMILES string of the molecule is CC(C)CN(C(=O)c1sc2cnccc2c1N)C(C)C. The Morgan fingerprint density at radius 2 is 2.10 bits per heavy atom. The smallest absolute Gasteiger partial charge is 0.266 e. The highest BCUT2D eigenvalue weighted by Gasteiger charge is 2.24. The van der Waals surface area contributed by atoms with Crippen molar-refractivity contribution < 1.29 is 4.79 Å². The fourth-order valence-electron chi connectivity index (χ4n) is 2.18. The summed E-state index contributed by atoms with van der Waals surface area (Å²) < 4.78 is 0.960. The zero-order chi connectivity index (χ0) is 14.9. The number of carbonyl (C=O) groups excluding carboxylic acids is 1. The molecule has 0 saturated heterocycles. The van der Waals surface area contributed by atoms with Crippen LogP contribution in [-0.2, 0) is 0 Å². The van der Waals surface area contributed by atoms with E-state index in [-0.39, 0.29) is 11.9 Å². The minimum Gasteiger partial charge on any atom is -0.397 e. The van der Waals surface area contributed by atoms with Crippen LogP contribution in [0.25, 0.3) is 10.1 Å². The number of anilines is 1. The molecular weight excluding hydrogens is 270 g/mol. The number of nitrogens with zero attached hydrogens (tertiary/aromatic N) is 2. The van der Waals surface area contributed by atoms with Gasteiger partial charge < -0.3 is 10.6 Å². The zero-order valence-corrected chi connectivity index (χ0v) is 13.2. The molecule has 0 saturated carbocycles. The number of fused-ring (bicyclic) bond motifs is 1. The van der Waals surface area contributed by atoms with Gasteiger partial charge in [0.25, 0.3) is 5.91 Å². The molecule has 2 aromatic rings. The third kappa shape index (κ3) is 2.77. The maximum absolute atomic E-state index is 12.7. The first-order chi connectivity index (χ1) is 9.41. The molecule has 0 radical (unpaired) electrons. The Hall–Kier alpha value is -1.62. The Morgan fingerprint density at radius 3 is 2.65 bits per heavy atom. The van der Waals surface area contributed by atoms with Crippen molar-refractivity contribution in [1.82, 2.24) is 9.88 Å². The van der Waals surface area contributed by atoms with Gasteiger partial charge in [0.05, 0.1) is 10.4 Å². The summed E-state index contributed by atoms with van der Waals surface area (Å²) >= 11 is 1.43. The van der Waals surface area contributed by atoms with Crippen molar-refractivity contribution in [1.29, 1.82) is 0 Å². The van der Waals surface area contributed by atoms with E-state index in [1.165, 1.54) is 11.3 Å². The molecule has 5 heteroatoms. The van der Waals surface area contributed by atoms with E-state index >= 15 is 0 Å². The van der Waals surface area contributed by atoms with Gasteiger partial charge in [-0.2, -0.15) is 0 Å². The van der Waals surface area contributed by atoms with Crippen LogP contribution in [0.1, 0.15) is 37.4 Å². The van der Waals surface area contributed by atoms with E-state index in [1.54, 1.807) is 12.4 Å². The quantitative estimate of drug-likeness (QED) is 0.939. The second-order valence-corrected chi connectivity index (χ2v) is 6.71. The first kappa shape index (κ1) is 14.8. The van der Waals surface area contributed by atoms with E-state index < -0.39 is 0 Å². The van der Waals surface area contributed by atoms with E-state index in [1.807, 2.05) is 24.8 Å². The molecule has 0 unspecified atom stereocenters. The maximum Gasteiger partial charge on any atom is 0.266 e. The van der Waals surface area contributed by atoms with Gasteiger partial charge in [-0.1, -0.05) is 13.8 Å². The molecule has 2 N–H and O–H groups in total. The Kier molecular flexibility index (Phi) is 4.28. The molecule has 0 atom stereocenters. The number of hydrogen-bond acceptors (Lipinski definition) is 4. The van der Waals surface area contributed by atoms with Crippen molar-refractivity contribution >= 4 is 33.0 Å². The molecule has 108 valence electrons. The van der Waals surface area contributed by atoms with E-state index in [2.05, 4.69) is 18.8 Å². The summed E-state index contributed by atoms with van der Waals surface area (Å²) in [6, 6.07) is 2.02. The number of amides is 1. The molecule has 20 heavy (non-hydrogen) atoms. The van der Waals surface area contributed by atoms with Crippen LogP contribution >= 0.6 is 11.3 Å². The van der Waals surface area contributed by atoms with E-state index in [9.17, 15) is 4.79 Å². The highest BCUT2D eigenvalue weighted by Crippen LogP contribution is 2.34. The standard InChI is InChI=1S/C15H21N3OS/c1-9(2)8-18(10(3)4)15(19)14-13(16)11-5-6-17-7-12(11)20-14/h5-7,9-10H,8,16H2,1-4H3. The normalized spacial score (nSPS) is 11.5. The molecule has 0 aliphatic heterocycles. The van der Waals surface area contributed by atoms with Crippen molar-refractivity contribution in [3.05, 3.63) is 23.3 Å². The van der Waals surface area contributed by atoms with Crippen LogP contribution in [0.2, 0.25) is 0 Å². The van der Waals surface area contributed by atoms with Gasteiger partial charge in [-0.25, -0.2) is 0 Å². The molecular formula is C15H21N3OS. The van der Waals surface area contributed by atoms with Gasteiger partial charge in [0.1, 0.15) is 4.88 Å². The van der Waals surface area contributed by atoms with Crippen molar-refractivity contribution in [3.63, 3.8) is 0 Å². The molecule has 0 aliphatic rings. The van der Waals surface area contributed by atoms with Crippen LogP contribution in [0.15, 0.2) is 18.5 Å². The molecule has 4 nitrogen and oxygen atoms in total. The molecule has 0 bridgehead atoms. The van der Waals surface area contributed by atoms with Gasteiger partial charge in [0.15, 0.2) is 0 Å². The second-order valence-electron chi connectivity index (χ2n) is 5.66. The minimum atomic E-state index is 0.0207. The predicted molar refractivity (Wildman–Crippen MR) is 85.0 cm³/mol. The third-order valence-electron chi connectivity index (χ3n) is 3.17. The van der Waals surface area contributed by atoms with E-state index in [0.29, 0.717) is 16.5 Å². The van der Waals surface area contributed by atoms with Gasteiger partial charge in [-0.15, -0.1) is 11.3 Å². The maximum atomic E-state index is 12.7. The lowest BCUT2D eigenvalue weighted by molar-refractivity contribution is 0.0688. The monoisotopic (exact) mass is 291 g/mol. The van der Waals surface area contributed by atoms with E-state index in [4.69, 9.17) is 5.73 Å². The average molecular weight is 291 g/mol. The Bertz CT molecular complexity index is 619.